The molecule has 0 radical (unpaired) electrons. The van der Waals surface area contributed by atoms with Crippen LogP contribution in [0.5, 0.6) is 5.75 Å². The van der Waals surface area contributed by atoms with Crippen LogP contribution in [0.25, 0.3) is 0 Å². The highest BCUT2D eigenvalue weighted by atomic mass is 32.2. The van der Waals surface area contributed by atoms with Crippen LogP contribution in [0.1, 0.15) is 11.3 Å². The summed E-state index contributed by atoms with van der Waals surface area (Å²) in [4.78, 5) is 30.6. The van der Waals surface area contributed by atoms with Crippen molar-refractivity contribution in [1.82, 2.24) is 9.97 Å². The molecule has 2 aromatic carbocycles. The van der Waals surface area contributed by atoms with E-state index in [-0.39, 0.29) is 30.5 Å². The molecule has 0 unspecified atom stereocenters. The number of carbonyl (C=O) groups excluding carboxylic acids is 1. The van der Waals surface area contributed by atoms with Gasteiger partial charge in [0, 0.05) is 6.07 Å². The van der Waals surface area contributed by atoms with Gasteiger partial charge in [-0.05, 0) is 17.7 Å². The van der Waals surface area contributed by atoms with Gasteiger partial charge in [0.15, 0.2) is 5.16 Å². The van der Waals surface area contributed by atoms with Crippen LogP contribution in [0.3, 0.4) is 0 Å². The predicted octanol–water partition coefficient (Wildman–Crippen LogP) is 3.18. The highest BCUT2D eigenvalue weighted by molar-refractivity contribution is 7.99. The molecular formula is C20H18N2O4S. The topological polar surface area (TPSA) is 81.3 Å². The molecule has 1 heterocycles. The first-order chi connectivity index (χ1) is 13.2. The standard InChI is InChI=1S/C20H18N2O4S/c23-18-11-16(13-25-17-9-5-2-6-10-17)21-20(22-18)27-14-19(24)26-12-15-7-3-1-4-8-15/h1-11H,12-14H2,(H,21,22,23). The van der Waals surface area contributed by atoms with Gasteiger partial charge in [-0.2, -0.15) is 0 Å². The third kappa shape index (κ3) is 6.31. The van der Waals surface area contributed by atoms with Crippen LogP contribution in [0, 0.1) is 0 Å². The van der Waals surface area contributed by atoms with Gasteiger partial charge in [-0.3, -0.25) is 9.59 Å². The number of nitrogens with one attached hydrogen (secondary N) is 1. The number of aromatic nitrogens is 2. The number of H-pyrrole nitrogens is 1. The fourth-order valence-corrected chi connectivity index (χ4v) is 2.90. The number of benzene rings is 2. The quantitative estimate of drug-likeness (QED) is 0.366. The first-order valence-corrected chi connectivity index (χ1v) is 9.28. The van der Waals surface area contributed by atoms with Crippen LogP contribution >= 0.6 is 11.8 Å². The normalized spacial score (nSPS) is 10.4. The smallest absolute Gasteiger partial charge is 0.316 e. The van der Waals surface area contributed by atoms with Crippen LogP contribution in [-0.4, -0.2) is 21.7 Å². The Labute approximate surface area is 160 Å². The second kappa shape index (κ2) is 9.59. The molecular weight excluding hydrogens is 364 g/mol. The lowest BCUT2D eigenvalue weighted by atomic mass is 10.2. The molecule has 138 valence electrons. The number of ether oxygens (including phenoxy) is 2. The van der Waals surface area contributed by atoms with Gasteiger partial charge in [-0.1, -0.05) is 60.3 Å². The fourth-order valence-electron chi connectivity index (χ4n) is 2.21. The van der Waals surface area contributed by atoms with E-state index in [0.717, 1.165) is 17.3 Å². The van der Waals surface area contributed by atoms with Crippen LogP contribution in [0.4, 0.5) is 0 Å². The van der Waals surface area contributed by atoms with Crippen molar-refractivity contribution in [2.75, 3.05) is 5.75 Å². The molecule has 7 heteroatoms. The van der Waals surface area contributed by atoms with Gasteiger partial charge in [-0.25, -0.2) is 4.98 Å². The Kier molecular flexibility index (Phi) is 6.65. The third-order valence-electron chi connectivity index (χ3n) is 3.47. The maximum atomic E-state index is 11.9. The van der Waals surface area contributed by atoms with E-state index in [1.807, 2.05) is 60.7 Å². The molecule has 0 spiro atoms. The van der Waals surface area contributed by atoms with E-state index in [9.17, 15) is 9.59 Å². The molecule has 0 saturated heterocycles. The SMILES string of the molecule is O=C(CSc1nc(COc2ccccc2)cc(=O)[nH]1)OCc1ccccc1. The number of nitrogens with zero attached hydrogens (tertiary/aromatic N) is 1. The highest BCUT2D eigenvalue weighted by Crippen LogP contribution is 2.14. The lowest BCUT2D eigenvalue weighted by Crippen LogP contribution is -2.13. The lowest BCUT2D eigenvalue weighted by molar-refractivity contribution is -0.141. The van der Waals surface area contributed by atoms with Gasteiger partial charge >= 0.3 is 5.97 Å². The number of rotatable bonds is 8. The molecule has 0 bridgehead atoms. The molecule has 27 heavy (non-hydrogen) atoms. The first-order valence-electron chi connectivity index (χ1n) is 8.29. The number of hydrogen-bond donors (Lipinski definition) is 1. The molecule has 0 aliphatic carbocycles. The minimum absolute atomic E-state index is 0.0543. The van der Waals surface area contributed by atoms with Crippen LogP contribution in [0.2, 0.25) is 0 Å². The van der Waals surface area contributed by atoms with Gasteiger partial charge in [-0.15, -0.1) is 0 Å². The van der Waals surface area contributed by atoms with Gasteiger partial charge < -0.3 is 14.5 Å². The summed E-state index contributed by atoms with van der Waals surface area (Å²) >= 11 is 1.12. The number of thioether (sulfide) groups is 1. The summed E-state index contributed by atoms with van der Waals surface area (Å²) in [6, 6.07) is 20.1. The zero-order valence-corrected chi connectivity index (χ0v) is 15.3. The van der Waals surface area contributed by atoms with Gasteiger partial charge in [0.25, 0.3) is 5.56 Å². The lowest BCUT2D eigenvalue weighted by Gasteiger charge is -2.07. The van der Waals surface area contributed by atoms with Crippen molar-refractivity contribution >= 4 is 17.7 Å². The average Bonchev–Trinajstić information content (AvgIpc) is 2.70. The van der Waals surface area contributed by atoms with E-state index >= 15 is 0 Å². The van der Waals surface area contributed by atoms with Crippen LogP contribution in [-0.2, 0) is 22.7 Å². The molecule has 3 aromatic rings. The maximum Gasteiger partial charge on any atom is 0.316 e. The molecule has 0 fully saturated rings. The molecule has 3 rings (SSSR count). The van der Waals surface area contributed by atoms with Crippen molar-refractivity contribution in [1.29, 1.82) is 0 Å². The minimum atomic E-state index is -0.377. The summed E-state index contributed by atoms with van der Waals surface area (Å²) in [6.45, 7) is 0.384. The zero-order valence-electron chi connectivity index (χ0n) is 14.5. The van der Waals surface area contributed by atoms with Crippen LogP contribution < -0.4 is 10.3 Å². The summed E-state index contributed by atoms with van der Waals surface area (Å²) in [5.41, 5.74) is 1.11. The zero-order chi connectivity index (χ0) is 18.9. The van der Waals surface area contributed by atoms with Gasteiger partial charge in [0.05, 0.1) is 11.4 Å². The number of para-hydroxylation sites is 1. The van der Waals surface area contributed by atoms with E-state index < -0.39 is 0 Å². The average molecular weight is 382 g/mol. The molecule has 1 aromatic heterocycles. The van der Waals surface area contributed by atoms with Crippen molar-refractivity contribution in [2.45, 2.75) is 18.4 Å². The van der Waals surface area contributed by atoms with Crippen molar-refractivity contribution in [3.63, 3.8) is 0 Å². The Morgan fingerprint density at radius 3 is 2.44 bits per heavy atom. The second-order valence-corrected chi connectivity index (χ2v) is 6.54. The summed E-state index contributed by atoms with van der Waals surface area (Å²) in [5, 5.41) is 0.353. The van der Waals surface area contributed by atoms with E-state index in [0.29, 0.717) is 16.6 Å². The third-order valence-corrected chi connectivity index (χ3v) is 4.32. The molecule has 0 amide bonds. The number of carbonyl (C=O) groups is 1. The summed E-state index contributed by atoms with van der Waals surface area (Å²) in [6.07, 6.45) is 0. The first kappa shape index (κ1) is 18.7. The monoisotopic (exact) mass is 382 g/mol. The summed E-state index contributed by atoms with van der Waals surface area (Å²) < 4.78 is 10.8. The van der Waals surface area contributed by atoms with Crippen molar-refractivity contribution in [3.05, 3.63) is 88.3 Å². The molecule has 0 atom stereocenters. The maximum absolute atomic E-state index is 11.9. The Bertz CT molecular complexity index is 929. The van der Waals surface area contributed by atoms with Crippen molar-refractivity contribution in [3.8, 4) is 5.75 Å². The molecule has 0 aliphatic rings. The Morgan fingerprint density at radius 1 is 1.00 bits per heavy atom. The second-order valence-electron chi connectivity index (χ2n) is 5.58. The Hall–Kier alpha value is -3.06. The van der Waals surface area contributed by atoms with Crippen molar-refractivity contribution < 1.29 is 14.3 Å². The van der Waals surface area contributed by atoms with Crippen molar-refractivity contribution in [2.24, 2.45) is 0 Å². The Balaban J connectivity index is 1.51. The van der Waals surface area contributed by atoms with E-state index in [1.165, 1.54) is 6.07 Å². The van der Waals surface area contributed by atoms with E-state index in [1.54, 1.807) is 0 Å². The van der Waals surface area contributed by atoms with Gasteiger partial charge in [0.2, 0.25) is 0 Å². The molecule has 0 saturated carbocycles. The summed E-state index contributed by atoms with van der Waals surface area (Å²) in [7, 11) is 0. The number of esters is 1. The Morgan fingerprint density at radius 2 is 1.70 bits per heavy atom. The molecule has 0 aliphatic heterocycles. The summed E-state index contributed by atoms with van der Waals surface area (Å²) in [5.74, 6) is 0.370. The molecule has 6 nitrogen and oxygen atoms in total. The van der Waals surface area contributed by atoms with E-state index in [4.69, 9.17) is 9.47 Å². The fraction of sp³-hybridized carbons (Fsp3) is 0.150. The van der Waals surface area contributed by atoms with E-state index in [2.05, 4.69) is 9.97 Å². The number of hydrogen-bond acceptors (Lipinski definition) is 6. The molecule has 1 N–H and O–H groups in total. The van der Waals surface area contributed by atoms with Crippen LogP contribution in [0.15, 0.2) is 76.7 Å². The predicted molar refractivity (Wildman–Crippen MR) is 103 cm³/mol. The minimum Gasteiger partial charge on any atom is -0.487 e. The number of aromatic amines is 1. The largest absolute Gasteiger partial charge is 0.487 e. The highest BCUT2D eigenvalue weighted by Gasteiger charge is 2.08. The van der Waals surface area contributed by atoms with Gasteiger partial charge in [0.1, 0.15) is 19.0 Å².